The second-order valence-electron chi connectivity index (χ2n) is 5.35. The lowest BCUT2D eigenvalue weighted by atomic mass is 9.92. The topological polar surface area (TPSA) is 71.8 Å². The van der Waals surface area contributed by atoms with E-state index in [2.05, 4.69) is 9.97 Å². The van der Waals surface area contributed by atoms with Gasteiger partial charge in [0.25, 0.3) is 5.56 Å². The molecule has 4 heteroatoms. The standard InChI is InChI=1S/C14H17N3O/c1-14(2,3)11-8-12(18)17-13(16-11)9-4-6-10(15)7-5-9/h4-8H,15H2,1-3H3,(H,16,17,18). The number of aromatic amines is 1. The molecule has 4 nitrogen and oxygen atoms in total. The molecule has 94 valence electrons. The van der Waals surface area contributed by atoms with Gasteiger partial charge in [-0.2, -0.15) is 0 Å². The molecule has 1 heterocycles. The lowest BCUT2D eigenvalue weighted by molar-refractivity contribution is 0.566. The summed E-state index contributed by atoms with van der Waals surface area (Å²) >= 11 is 0. The Labute approximate surface area is 106 Å². The Hall–Kier alpha value is -2.10. The van der Waals surface area contributed by atoms with E-state index in [1.54, 1.807) is 18.2 Å². The minimum Gasteiger partial charge on any atom is -0.399 e. The second kappa shape index (κ2) is 4.29. The van der Waals surface area contributed by atoms with Crippen LogP contribution in [0.1, 0.15) is 26.5 Å². The molecule has 18 heavy (non-hydrogen) atoms. The maximum Gasteiger partial charge on any atom is 0.251 e. The molecule has 2 aromatic rings. The van der Waals surface area contributed by atoms with E-state index in [9.17, 15) is 4.79 Å². The van der Waals surface area contributed by atoms with Gasteiger partial charge in [0.15, 0.2) is 0 Å². The lowest BCUT2D eigenvalue weighted by Gasteiger charge is -2.17. The van der Waals surface area contributed by atoms with E-state index in [4.69, 9.17) is 5.73 Å². The van der Waals surface area contributed by atoms with Crippen LogP contribution in [0.15, 0.2) is 35.1 Å². The zero-order chi connectivity index (χ0) is 13.3. The molecule has 2 rings (SSSR count). The Balaban J connectivity index is 2.55. The average Bonchev–Trinajstić information content (AvgIpc) is 2.28. The SMILES string of the molecule is CC(C)(C)c1cc(=O)[nH]c(-c2ccc(N)cc2)n1. The Morgan fingerprint density at radius 1 is 1.17 bits per heavy atom. The van der Waals surface area contributed by atoms with Crippen LogP contribution >= 0.6 is 0 Å². The number of hydrogen-bond acceptors (Lipinski definition) is 3. The van der Waals surface area contributed by atoms with E-state index < -0.39 is 0 Å². The summed E-state index contributed by atoms with van der Waals surface area (Å²) < 4.78 is 0. The van der Waals surface area contributed by atoms with Gasteiger partial charge in [-0.1, -0.05) is 20.8 Å². The predicted molar refractivity (Wildman–Crippen MR) is 73.4 cm³/mol. The van der Waals surface area contributed by atoms with Crippen molar-refractivity contribution < 1.29 is 0 Å². The molecule has 0 unspecified atom stereocenters. The zero-order valence-corrected chi connectivity index (χ0v) is 10.8. The minimum atomic E-state index is -0.156. The van der Waals surface area contributed by atoms with Crippen LogP contribution < -0.4 is 11.3 Å². The van der Waals surface area contributed by atoms with Crippen LogP contribution in [0.4, 0.5) is 5.69 Å². The van der Waals surface area contributed by atoms with Crippen molar-refractivity contribution in [1.82, 2.24) is 9.97 Å². The van der Waals surface area contributed by atoms with Crippen molar-refractivity contribution in [2.45, 2.75) is 26.2 Å². The van der Waals surface area contributed by atoms with E-state index in [0.717, 1.165) is 11.3 Å². The van der Waals surface area contributed by atoms with Crippen molar-refractivity contribution in [3.8, 4) is 11.4 Å². The van der Waals surface area contributed by atoms with Crippen molar-refractivity contribution in [2.75, 3.05) is 5.73 Å². The van der Waals surface area contributed by atoms with E-state index in [1.807, 2.05) is 32.9 Å². The van der Waals surface area contributed by atoms with Crippen LogP contribution in [0, 0.1) is 0 Å². The predicted octanol–water partition coefficient (Wildman–Crippen LogP) is 2.32. The summed E-state index contributed by atoms with van der Waals surface area (Å²) in [5.41, 5.74) is 7.67. The quantitative estimate of drug-likeness (QED) is 0.755. The molecule has 1 aromatic carbocycles. The largest absolute Gasteiger partial charge is 0.399 e. The Morgan fingerprint density at radius 3 is 2.33 bits per heavy atom. The molecule has 0 aliphatic rings. The van der Waals surface area contributed by atoms with Crippen LogP contribution in [0.25, 0.3) is 11.4 Å². The van der Waals surface area contributed by atoms with Crippen LogP contribution in [0.5, 0.6) is 0 Å². The van der Waals surface area contributed by atoms with E-state index in [0.29, 0.717) is 11.5 Å². The van der Waals surface area contributed by atoms with Gasteiger partial charge in [-0.05, 0) is 24.3 Å². The molecule has 0 radical (unpaired) electrons. The molecular formula is C14H17N3O. The first-order valence-corrected chi connectivity index (χ1v) is 5.84. The highest BCUT2D eigenvalue weighted by atomic mass is 16.1. The van der Waals surface area contributed by atoms with E-state index in [-0.39, 0.29) is 11.0 Å². The number of nitrogens with zero attached hydrogens (tertiary/aromatic N) is 1. The average molecular weight is 243 g/mol. The number of hydrogen-bond donors (Lipinski definition) is 2. The van der Waals surface area contributed by atoms with Crippen molar-refractivity contribution in [2.24, 2.45) is 0 Å². The summed E-state index contributed by atoms with van der Waals surface area (Å²) in [6.07, 6.45) is 0. The van der Waals surface area contributed by atoms with Crippen LogP contribution in [-0.2, 0) is 5.41 Å². The summed E-state index contributed by atoms with van der Waals surface area (Å²) in [7, 11) is 0. The van der Waals surface area contributed by atoms with Gasteiger partial charge in [-0.3, -0.25) is 4.79 Å². The maximum absolute atomic E-state index is 11.7. The summed E-state index contributed by atoms with van der Waals surface area (Å²) in [4.78, 5) is 18.9. The number of rotatable bonds is 1. The number of anilines is 1. The first kappa shape index (κ1) is 12.4. The summed E-state index contributed by atoms with van der Waals surface area (Å²) in [6.45, 7) is 6.09. The van der Waals surface area contributed by atoms with Crippen LogP contribution in [0.2, 0.25) is 0 Å². The highest BCUT2D eigenvalue weighted by Gasteiger charge is 2.17. The third-order valence-corrected chi connectivity index (χ3v) is 2.69. The number of aromatic nitrogens is 2. The smallest absolute Gasteiger partial charge is 0.251 e. The highest BCUT2D eigenvalue weighted by Crippen LogP contribution is 2.21. The van der Waals surface area contributed by atoms with Gasteiger partial charge in [0.05, 0.1) is 5.69 Å². The maximum atomic E-state index is 11.7. The van der Waals surface area contributed by atoms with Crippen LogP contribution in [0.3, 0.4) is 0 Å². The molecular weight excluding hydrogens is 226 g/mol. The van der Waals surface area contributed by atoms with Crippen molar-refractivity contribution in [3.63, 3.8) is 0 Å². The third kappa shape index (κ3) is 2.59. The fraction of sp³-hybridized carbons (Fsp3) is 0.286. The first-order valence-electron chi connectivity index (χ1n) is 5.84. The van der Waals surface area contributed by atoms with E-state index >= 15 is 0 Å². The molecule has 0 bridgehead atoms. The van der Waals surface area contributed by atoms with Gasteiger partial charge < -0.3 is 10.7 Å². The number of nitrogens with two attached hydrogens (primary N) is 1. The normalized spacial score (nSPS) is 11.5. The molecule has 0 spiro atoms. The Bertz CT molecular complexity index is 606. The fourth-order valence-corrected chi connectivity index (χ4v) is 1.62. The molecule has 3 N–H and O–H groups in total. The molecule has 0 amide bonds. The molecule has 0 saturated heterocycles. The van der Waals surface area contributed by atoms with Gasteiger partial charge in [0.1, 0.15) is 5.82 Å². The minimum absolute atomic E-state index is 0.137. The molecule has 0 fully saturated rings. The lowest BCUT2D eigenvalue weighted by Crippen LogP contribution is -2.19. The highest BCUT2D eigenvalue weighted by molar-refractivity contribution is 5.58. The zero-order valence-electron chi connectivity index (χ0n) is 10.8. The van der Waals surface area contributed by atoms with Gasteiger partial charge in [-0.25, -0.2) is 4.98 Å². The third-order valence-electron chi connectivity index (χ3n) is 2.69. The van der Waals surface area contributed by atoms with Gasteiger partial charge in [0, 0.05) is 22.7 Å². The fourth-order valence-electron chi connectivity index (χ4n) is 1.62. The van der Waals surface area contributed by atoms with Gasteiger partial charge in [0.2, 0.25) is 0 Å². The number of nitrogens with one attached hydrogen (secondary N) is 1. The van der Waals surface area contributed by atoms with Crippen molar-refractivity contribution >= 4 is 5.69 Å². The molecule has 0 aliphatic carbocycles. The summed E-state index contributed by atoms with van der Waals surface area (Å²) in [6, 6.07) is 8.82. The monoisotopic (exact) mass is 243 g/mol. The van der Waals surface area contributed by atoms with E-state index in [1.165, 1.54) is 0 Å². The molecule has 1 aromatic heterocycles. The van der Waals surface area contributed by atoms with Crippen molar-refractivity contribution in [1.29, 1.82) is 0 Å². The number of benzene rings is 1. The Kier molecular flexibility index (Phi) is 2.95. The Morgan fingerprint density at radius 2 is 1.78 bits per heavy atom. The molecule has 0 atom stereocenters. The number of H-pyrrole nitrogens is 1. The second-order valence-corrected chi connectivity index (χ2v) is 5.35. The number of nitrogen functional groups attached to an aromatic ring is 1. The van der Waals surface area contributed by atoms with Crippen molar-refractivity contribution in [3.05, 3.63) is 46.4 Å². The summed E-state index contributed by atoms with van der Waals surface area (Å²) in [5.74, 6) is 0.576. The van der Waals surface area contributed by atoms with Gasteiger partial charge in [-0.15, -0.1) is 0 Å². The van der Waals surface area contributed by atoms with Crippen LogP contribution in [-0.4, -0.2) is 9.97 Å². The first-order chi connectivity index (χ1) is 8.36. The molecule has 0 aliphatic heterocycles. The summed E-state index contributed by atoms with van der Waals surface area (Å²) in [5, 5.41) is 0. The molecule has 0 saturated carbocycles. The van der Waals surface area contributed by atoms with Gasteiger partial charge >= 0.3 is 0 Å².